The first-order valence-electron chi connectivity index (χ1n) is 4.19. The van der Waals surface area contributed by atoms with Crippen LogP contribution in [-0.2, 0) is 10.8 Å². The Labute approximate surface area is 87.7 Å². The lowest BCUT2D eigenvalue weighted by molar-refractivity contribution is -0.129. The molecule has 0 aromatic heterocycles. The summed E-state index contributed by atoms with van der Waals surface area (Å²) in [5, 5.41) is 0. The number of halogens is 3. The predicted molar refractivity (Wildman–Crippen MR) is 52.8 cm³/mol. The van der Waals surface area contributed by atoms with E-state index >= 15 is 0 Å². The molecule has 0 saturated heterocycles. The largest absolute Gasteiger partial charge is 0.399 e. The van der Waals surface area contributed by atoms with Gasteiger partial charge in [-0.2, -0.15) is 13.2 Å². The van der Waals surface area contributed by atoms with E-state index in [1.165, 1.54) is 24.3 Å². The molecular formula is C9H10F3NOS. The second-order valence-corrected chi connectivity index (χ2v) is 4.55. The van der Waals surface area contributed by atoms with Crippen molar-refractivity contribution in [2.45, 2.75) is 17.5 Å². The van der Waals surface area contributed by atoms with Gasteiger partial charge in [-0.1, -0.05) is 0 Å². The zero-order valence-electron chi connectivity index (χ0n) is 7.75. The minimum atomic E-state index is -4.26. The first-order valence-corrected chi connectivity index (χ1v) is 5.51. The maximum Gasteiger partial charge on any atom is 0.390 e. The molecule has 6 heteroatoms. The van der Waals surface area contributed by atoms with Gasteiger partial charge in [0.15, 0.2) is 0 Å². The molecule has 0 heterocycles. The number of anilines is 1. The third-order valence-electron chi connectivity index (χ3n) is 1.71. The predicted octanol–water partition coefficient (Wildman–Crippen LogP) is 2.33. The van der Waals surface area contributed by atoms with Crippen LogP contribution in [0.15, 0.2) is 29.2 Å². The summed E-state index contributed by atoms with van der Waals surface area (Å²) in [6.45, 7) is 0. The zero-order chi connectivity index (χ0) is 11.5. The quantitative estimate of drug-likeness (QED) is 0.820. The number of nitrogen functional groups attached to an aromatic ring is 1. The number of hydrogen-bond donors (Lipinski definition) is 1. The van der Waals surface area contributed by atoms with E-state index in [2.05, 4.69) is 0 Å². The molecule has 0 radical (unpaired) electrons. The summed E-state index contributed by atoms with van der Waals surface area (Å²) in [5.74, 6) is -0.409. The van der Waals surface area contributed by atoms with Gasteiger partial charge in [0, 0.05) is 16.3 Å². The van der Waals surface area contributed by atoms with Crippen LogP contribution in [0.2, 0.25) is 0 Å². The van der Waals surface area contributed by atoms with Crippen molar-refractivity contribution >= 4 is 16.5 Å². The number of alkyl halides is 3. The van der Waals surface area contributed by atoms with Crippen LogP contribution >= 0.6 is 0 Å². The van der Waals surface area contributed by atoms with Gasteiger partial charge in [0.05, 0.1) is 17.2 Å². The van der Waals surface area contributed by atoms with Crippen LogP contribution in [0.25, 0.3) is 0 Å². The van der Waals surface area contributed by atoms with Gasteiger partial charge < -0.3 is 5.73 Å². The second-order valence-electron chi connectivity index (χ2n) is 2.98. The Morgan fingerprint density at radius 1 is 1.20 bits per heavy atom. The average molecular weight is 237 g/mol. The number of benzene rings is 1. The van der Waals surface area contributed by atoms with E-state index in [9.17, 15) is 17.4 Å². The average Bonchev–Trinajstić information content (AvgIpc) is 2.14. The summed E-state index contributed by atoms with van der Waals surface area (Å²) in [4.78, 5) is 0.369. The normalized spacial score (nSPS) is 13.8. The van der Waals surface area contributed by atoms with E-state index < -0.39 is 29.1 Å². The van der Waals surface area contributed by atoms with E-state index in [1.54, 1.807) is 0 Å². The number of hydrogen-bond acceptors (Lipinski definition) is 2. The van der Waals surface area contributed by atoms with Crippen molar-refractivity contribution in [3.8, 4) is 0 Å². The third-order valence-corrected chi connectivity index (χ3v) is 3.09. The zero-order valence-corrected chi connectivity index (χ0v) is 8.57. The molecule has 0 aliphatic carbocycles. The van der Waals surface area contributed by atoms with Crippen molar-refractivity contribution in [1.29, 1.82) is 0 Å². The van der Waals surface area contributed by atoms with Crippen LogP contribution in [0.1, 0.15) is 6.42 Å². The Kier molecular flexibility index (Phi) is 3.73. The van der Waals surface area contributed by atoms with Gasteiger partial charge in [0.1, 0.15) is 0 Å². The Balaban J connectivity index is 2.58. The molecule has 1 aromatic rings. The number of nitrogens with two attached hydrogens (primary N) is 1. The van der Waals surface area contributed by atoms with Gasteiger partial charge in [-0.15, -0.1) is 0 Å². The molecule has 0 fully saturated rings. The highest BCUT2D eigenvalue weighted by Crippen LogP contribution is 2.21. The summed E-state index contributed by atoms with van der Waals surface area (Å²) in [5.41, 5.74) is 5.88. The molecule has 1 atom stereocenters. The van der Waals surface area contributed by atoms with E-state index in [-0.39, 0.29) is 0 Å². The summed E-state index contributed by atoms with van der Waals surface area (Å²) in [6, 6.07) is 5.98. The van der Waals surface area contributed by atoms with Crippen LogP contribution in [0, 0.1) is 0 Å². The van der Waals surface area contributed by atoms with Crippen molar-refractivity contribution in [3.05, 3.63) is 24.3 Å². The molecule has 2 nitrogen and oxygen atoms in total. The van der Waals surface area contributed by atoms with E-state index in [4.69, 9.17) is 5.73 Å². The molecule has 0 spiro atoms. The molecular weight excluding hydrogens is 227 g/mol. The Bertz CT molecular complexity index is 347. The van der Waals surface area contributed by atoms with Crippen LogP contribution < -0.4 is 5.73 Å². The smallest absolute Gasteiger partial charge is 0.390 e. The van der Waals surface area contributed by atoms with E-state index in [0.29, 0.717) is 10.6 Å². The lowest BCUT2D eigenvalue weighted by Gasteiger charge is -2.06. The molecule has 0 aliphatic rings. The topological polar surface area (TPSA) is 43.1 Å². The fourth-order valence-corrected chi connectivity index (χ4v) is 2.04. The van der Waals surface area contributed by atoms with Crippen LogP contribution in [0.4, 0.5) is 18.9 Å². The Morgan fingerprint density at radius 2 is 1.73 bits per heavy atom. The highest BCUT2D eigenvalue weighted by molar-refractivity contribution is 7.85. The monoisotopic (exact) mass is 237 g/mol. The van der Waals surface area contributed by atoms with Crippen molar-refractivity contribution in [2.24, 2.45) is 0 Å². The third kappa shape index (κ3) is 4.33. The molecule has 1 aromatic carbocycles. The number of rotatable bonds is 3. The maximum atomic E-state index is 11.8. The van der Waals surface area contributed by atoms with Crippen molar-refractivity contribution < 1.29 is 17.4 Å². The summed E-state index contributed by atoms with van der Waals surface area (Å²) >= 11 is 0. The summed E-state index contributed by atoms with van der Waals surface area (Å²) < 4.78 is 46.9. The van der Waals surface area contributed by atoms with Crippen LogP contribution in [-0.4, -0.2) is 16.1 Å². The van der Waals surface area contributed by atoms with Crippen LogP contribution in [0.5, 0.6) is 0 Å². The molecule has 84 valence electrons. The maximum absolute atomic E-state index is 11.8. The highest BCUT2D eigenvalue weighted by atomic mass is 32.2. The van der Waals surface area contributed by atoms with Crippen molar-refractivity contribution in [2.75, 3.05) is 11.5 Å². The van der Waals surface area contributed by atoms with Gasteiger partial charge in [-0.3, -0.25) is 4.21 Å². The standard InChI is InChI=1S/C9H10F3NOS/c10-9(11,12)5-6-15(14)8-3-1-7(13)2-4-8/h1-4H,5-6,13H2. The van der Waals surface area contributed by atoms with Crippen molar-refractivity contribution in [1.82, 2.24) is 0 Å². The first kappa shape index (κ1) is 12.0. The molecule has 2 N–H and O–H groups in total. The minimum absolute atomic E-state index is 0.369. The molecule has 0 saturated carbocycles. The summed E-state index contributed by atoms with van der Waals surface area (Å²) in [7, 11) is -1.61. The van der Waals surface area contributed by atoms with E-state index in [1.807, 2.05) is 0 Å². The van der Waals surface area contributed by atoms with Crippen molar-refractivity contribution in [3.63, 3.8) is 0 Å². The molecule has 0 amide bonds. The SMILES string of the molecule is Nc1ccc(S(=O)CCC(F)(F)F)cc1. The Hall–Kier alpha value is -1.04. The Morgan fingerprint density at radius 3 is 2.20 bits per heavy atom. The van der Waals surface area contributed by atoms with Gasteiger partial charge >= 0.3 is 6.18 Å². The fourth-order valence-electron chi connectivity index (χ4n) is 0.946. The molecule has 1 unspecified atom stereocenters. The van der Waals surface area contributed by atoms with Gasteiger partial charge in [0.2, 0.25) is 0 Å². The van der Waals surface area contributed by atoms with Gasteiger partial charge in [0.25, 0.3) is 0 Å². The molecule has 0 bridgehead atoms. The lowest BCUT2D eigenvalue weighted by Crippen LogP contribution is -2.12. The first-order chi connectivity index (χ1) is 6.88. The molecule has 0 aliphatic heterocycles. The molecule has 1 rings (SSSR count). The fraction of sp³-hybridized carbons (Fsp3) is 0.333. The minimum Gasteiger partial charge on any atom is -0.399 e. The lowest BCUT2D eigenvalue weighted by atomic mass is 10.3. The second kappa shape index (κ2) is 4.65. The van der Waals surface area contributed by atoms with Gasteiger partial charge in [-0.25, -0.2) is 0 Å². The van der Waals surface area contributed by atoms with Crippen LogP contribution in [0.3, 0.4) is 0 Å². The van der Waals surface area contributed by atoms with E-state index in [0.717, 1.165) is 0 Å². The molecule has 15 heavy (non-hydrogen) atoms. The summed E-state index contributed by atoms with van der Waals surface area (Å²) in [6.07, 6.45) is -5.30. The van der Waals surface area contributed by atoms with Gasteiger partial charge in [-0.05, 0) is 24.3 Å². The highest BCUT2D eigenvalue weighted by Gasteiger charge is 2.27.